The average molecular weight is 548 g/mol. The van der Waals surface area contributed by atoms with Crippen LogP contribution in [0.15, 0.2) is 36.4 Å². The molecule has 9 heteroatoms. The molecule has 2 atom stereocenters. The first kappa shape index (κ1) is 31.4. The molecule has 0 aliphatic rings. The third-order valence-electron chi connectivity index (χ3n) is 6.54. The third kappa shape index (κ3) is 10.5. The molecule has 0 aliphatic carbocycles. The largest absolute Gasteiger partial charge is 0.479 e. The number of ether oxygens (including phenoxy) is 1. The number of aryl methyl sites for hydroxylation is 3. The zero-order chi connectivity index (χ0) is 28.1. The van der Waals surface area contributed by atoms with Crippen molar-refractivity contribution >= 4 is 34.9 Å². The van der Waals surface area contributed by atoms with E-state index in [1.165, 1.54) is 16.0 Å². The number of aliphatic hydroxyl groups excluding tert-OH is 1. The topological polar surface area (TPSA) is 111 Å². The monoisotopic (exact) mass is 547 g/mol. The summed E-state index contributed by atoms with van der Waals surface area (Å²) in [6.45, 7) is 8.23. The minimum Gasteiger partial charge on any atom is -0.479 e. The molecule has 0 aromatic heterocycles. The molecule has 0 radical (unpaired) electrons. The van der Waals surface area contributed by atoms with Gasteiger partial charge in [-0.3, -0.25) is 4.79 Å². The van der Waals surface area contributed by atoms with Crippen molar-refractivity contribution in [2.45, 2.75) is 65.1 Å². The SMILES string of the molecule is Cc1ccc(NCCCCCN(C)C(=O)C(OCCCCNc2ccc(C)c(Cl)c2)C(O)C(=O)O)cc1C. The van der Waals surface area contributed by atoms with E-state index in [9.17, 15) is 19.8 Å². The summed E-state index contributed by atoms with van der Waals surface area (Å²) in [5.41, 5.74) is 5.53. The number of benzene rings is 2. The Labute approximate surface area is 231 Å². The van der Waals surface area contributed by atoms with Crippen LogP contribution in [0.25, 0.3) is 0 Å². The molecule has 0 saturated heterocycles. The van der Waals surface area contributed by atoms with Gasteiger partial charge in [0.2, 0.25) is 0 Å². The number of carboxylic acid groups (broad SMARTS) is 1. The summed E-state index contributed by atoms with van der Waals surface area (Å²) in [5.74, 6) is -2.01. The predicted octanol–water partition coefficient (Wildman–Crippen LogP) is 5.03. The van der Waals surface area contributed by atoms with Crippen LogP contribution in [-0.2, 0) is 14.3 Å². The van der Waals surface area contributed by atoms with Crippen molar-refractivity contribution in [1.29, 1.82) is 0 Å². The standard InChI is InChI=1S/C29H42ClN3O5/c1-20-10-12-23(18-22(20)3)31-14-6-5-8-16-33(4)28(35)27(26(34)29(36)37)38-17-9-7-15-32-24-13-11-21(2)25(30)19-24/h10-13,18-19,26-27,31-32,34H,5-9,14-17H2,1-4H3,(H,36,37). The molecule has 210 valence electrons. The highest BCUT2D eigenvalue weighted by Gasteiger charge is 2.34. The quantitative estimate of drug-likeness (QED) is 0.206. The summed E-state index contributed by atoms with van der Waals surface area (Å²) in [7, 11) is 1.61. The van der Waals surface area contributed by atoms with Crippen molar-refractivity contribution in [3.05, 3.63) is 58.1 Å². The first-order chi connectivity index (χ1) is 18.1. The van der Waals surface area contributed by atoms with Crippen molar-refractivity contribution in [3.63, 3.8) is 0 Å². The van der Waals surface area contributed by atoms with Crippen molar-refractivity contribution in [2.24, 2.45) is 0 Å². The number of nitrogens with one attached hydrogen (secondary N) is 2. The maximum Gasteiger partial charge on any atom is 0.335 e. The summed E-state index contributed by atoms with van der Waals surface area (Å²) in [4.78, 5) is 25.7. The third-order valence-corrected chi connectivity index (χ3v) is 6.94. The van der Waals surface area contributed by atoms with E-state index < -0.39 is 24.1 Å². The van der Waals surface area contributed by atoms with Gasteiger partial charge in [-0.05, 0) is 93.8 Å². The van der Waals surface area contributed by atoms with Gasteiger partial charge in [-0.1, -0.05) is 23.7 Å². The van der Waals surface area contributed by atoms with Gasteiger partial charge in [0.05, 0.1) is 0 Å². The van der Waals surface area contributed by atoms with Crippen molar-refractivity contribution in [1.82, 2.24) is 4.90 Å². The van der Waals surface area contributed by atoms with E-state index in [0.717, 1.165) is 49.2 Å². The molecule has 0 spiro atoms. The smallest absolute Gasteiger partial charge is 0.335 e. The number of aliphatic hydroxyl groups is 1. The number of anilines is 2. The van der Waals surface area contributed by atoms with Crippen molar-refractivity contribution in [3.8, 4) is 0 Å². The second-order valence-electron chi connectivity index (χ2n) is 9.72. The molecule has 2 rings (SSSR count). The number of hydrogen-bond acceptors (Lipinski definition) is 6. The summed E-state index contributed by atoms with van der Waals surface area (Å²) in [6.07, 6.45) is 0.591. The number of hydrogen-bond donors (Lipinski definition) is 4. The van der Waals surface area contributed by atoms with E-state index in [-0.39, 0.29) is 6.61 Å². The fourth-order valence-corrected chi connectivity index (χ4v) is 4.04. The van der Waals surface area contributed by atoms with E-state index >= 15 is 0 Å². The molecule has 4 N–H and O–H groups in total. The fourth-order valence-electron chi connectivity index (χ4n) is 3.86. The highest BCUT2D eigenvalue weighted by atomic mass is 35.5. The second kappa shape index (κ2) is 16.2. The molecule has 0 aliphatic heterocycles. The van der Waals surface area contributed by atoms with Crippen LogP contribution in [0.5, 0.6) is 0 Å². The second-order valence-corrected chi connectivity index (χ2v) is 10.1. The molecule has 2 aromatic rings. The number of aliphatic carboxylic acids is 1. The lowest BCUT2D eigenvalue weighted by molar-refractivity contribution is -0.166. The van der Waals surface area contributed by atoms with Crippen LogP contribution in [0.1, 0.15) is 48.8 Å². The Morgan fingerprint density at radius 3 is 2.11 bits per heavy atom. The molecule has 2 aromatic carbocycles. The highest BCUT2D eigenvalue weighted by Crippen LogP contribution is 2.20. The first-order valence-electron chi connectivity index (χ1n) is 13.2. The van der Waals surface area contributed by atoms with Gasteiger partial charge in [0.25, 0.3) is 5.91 Å². The molecule has 1 amide bonds. The lowest BCUT2D eigenvalue weighted by Crippen LogP contribution is -2.48. The van der Waals surface area contributed by atoms with E-state index in [1.807, 2.05) is 25.1 Å². The Morgan fingerprint density at radius 1 is 0.895 bits per heavy atom. The molecular formula is C29H42ClN3O5. The Kier molecular flexibility index (Phi) is 13.4. The molecule has 38 heavy (non-hydrogen) atoms. The zero-order valence-electron chi connectivity index (χ0n) is 22.9. The van der Waals surface area contributed by atoms with Gasteiger partial charge in [0.1, 0.15) is 0 Å². The van der Waals surface area contributed by atoms with Crippen LogP contribution in [0, 0.1) is 20.8 Å². The first-order valence-corrected chi connectivity index (χ1v) is 13.6. The lowest BCUT2D eigenvalue weighted by Gasteiger charge is -2.25. The average Bonchev–Trinajstić information content (AvgIpc) is 2.88. The maximum absolute atomic E-state index is 12.9. The summed E-state index contributed by atoms with van der Waals surface area (Å²) < 4.78 is 5.57. The molecule has 0 fully saturated rings. The molecule has 0 heterocycles. The van der Waals surface area contributed by atoms with Gasteiger partial charge in [0.15, 0.2) is 12.2 Å². The predicted molar refractivity (Wildman–Crippen MR) is 153 cm³/mol. The van der Waals surface area contributed by atoms with Crippen LogP contribution in [0.3, 0.4) is 0 Å². The summed E-state index contributed by atoms with van der Waals surface area (Å²) in [5, 5.41) is 26.7. The number of carbonyl (C=O) groups is 2. The highest BCUT2D eigenvalue weighted by molar-refractivity contribution is 6.31. The number of nitrogens with zero attached hydrogens (tertiary/aromatic N) is 1. The van der Waals surface area contributed by atoms with Gasteiger partial charge in [0, 0.05) is 49.7 Å². The molecule has 8 nitrogen and oxygen atoms in total. The normalized spacial score (nSPS) is 12.6. The number of unbranched alkanes of at least 4 members (excludes halogenated alkanes) is 3. The maximum atomic E-state index is 12.9. The Hall–Kier alpha value is -2.81. The van der Waals surface area contributed by atoms with Crippen LogP contribution >= 0.6 is 11.6 Å². The van der Waals surface area contributed by atoms with E-state index in [4.69, 9.17) is 16.3 Å². The molecular weight excluding hydrogens is 506 g/mol. The number of likely N-dealkylation sites (N-methyl/N-ethyl adjacent to an activating group) is 1. The molecule has 0 saturated carbocycles. The van der Waals surface area contributed by atoms with Crippen molar-refractivity contribution < 1.29 is 24.5 Å². The summed E-state index contributed by atoms with van der Waals surface area (Å²) >= 11 is 6.14. The van der Waals surface area contributed by atoms with Crippen LogP contribution < -0.4 is 10.6 Å². The van der Waals surface area contributed by atoms with E-state index in [1.54, 1.807) is 7.05 Å². The number of carbonyl (C=O) groups excluding carboxylic acids is 1. The zero-order valence-corrected chi connectivity index (χ0v) is 23.7. The minimum atomic E-state index is -1.92. The number of amides is 1. The fraction of sp³-hybridized carbons (Fsp3) is 0.517. The van der Waals surface area contributed by atoms with E-state index in [2.05, 4.69) is 42.7 Å². The Morgan fingerprint density at radius 2 is 1.50 bits per heavy atom. The van der Waals surface area contributed by atoms with Crippen LogP contribution in [0.4, 0.5) is 11.4 Å². The van der Waals surface area contributed by atoms with Crippen molar-refractivity contribution in [2.75, 3.05) is 43.9 Å². The van der Waals surface area contributed by atoms with Gasteiger partial charge in [-0.25, -0.2) is 4.79 Å². The van der Waals surface area contributed by atoms with Gasteiger partial charge < -0.3 is 30.5 Å². The van der Waals surface area contributed by atoms with E-state index in [0.29, 0.717) is 24.5 Å². The lowest BCUT2D eigenvalue weighted by atomic mass is 10.1. The number of halogens is 1. The number of carboxylic acids is 1. The minimum absolute atomic E-state index is 0.162. The molecule has 2 unspecified atom stereocenters. The van der Waals surface area contributed by atoms with Crippen LogP contribution in [0.2, 0.25) is 5.02 Å². The van der Waals surface area contributed by atoms with Gasteiger partial charge >= 0.3 is 5.97 Å². The molecule has 0 bridgehead atoms. The van der Waals surface area contributed by atoms with Gasteiger partial charge in [-0.15, -0.1) is 0 Å². The Bertz CT molecular complexity index is 1050. The van der Waals surface area contributed by atoms with Crippen LogP contribution in [-0.4, -0.2) is 72.5 Å². The van der Waals surface area contributed by atoms with Gasteiger partial charge in [-0.2, -0.15) is 0 Å². The number of rotatable bonds is 17. The summed E-state index contributed by atoms with van der Waals surface area (Å²) in [6, 6.07) is 12.1. The Balaban J connectivity index is 1.69.